The third-order valence-electron chi connectivity index (χ3n) is 3.08. The Morgan fingerprint density at radius 1 is 1.38 bits per heavy atom. The molecule has 1 rings (SSSR count). The SMILES string of the molecule is CC.CC(N)C(C)C1(CC#N)CC1. The Bertz CT molecular complexity index is 175. The van der Waals surface area contributed by atoms with Crippen molar-refractivity contribution in [3.63, 3.8) is 0 Å². The van der Waals surface area contributed by atoms with E-state index >= 15 is 0 Å². The van der Waals surface area contributed by atoms with Crippen molar-refractivity contribution in [2.24, 2.45) is 17.1 Å². The monoisotopic (exact) mass is 182 g/mol. The molecule has 0 amide bonds. The molecule has 0 bridgehead atoms. The van der Waals surface area contributed by atoms with E-state index in [0.717, 1.165) is 0 Å². The molecule has 1 aliphatic rings. The van der Waals surface area contributed by atoms with E-state index in [9.17, 15) is 0 Å². The maximum atomic E-state index is 8.58. The molecule has 2 unspecified atom stereocenters. The molecule has 2 atom stereocenters. The summed E-state index contributed by atoms with van der Waals surface area (Å²) in [6, 6.07) is 2.48. The second-order valence-electron chi connectivity index (χ2n) is 3.85. The van der Waals surface area contributed by atoms with Gasteiger partial charge in [-0.3, -0.25) is 0 Å². The van der Waals surface area contributed by atoms with Crippen LogP contribution in [0.4, 0.5) is 0 Å². The van der Waals surface area contributed by atoms with E-state index < -0.39 is 0 Å². The van der Waals surface area contributed by atoms with Crippen LogP contribution in [-0.4, -0.2) is 6.04 Å². The number of nitriles is 1. The molecule has 76 valence electrons. The van der Waals surface area contributed by atoms with Gasteiger partial charge < -0.3 is 5.73 Å². The summed E-state index contributed by atoms with van der Waals surface area (Å²) in [4.78, 5) is 0. The Morgan fingerprint density at radius 3 is 2.08 bits per heavy atom. The number of rotatable bonds is 3. The molecule has 1 saturated carbocycles. The molecule has 0 aromatic rings. The quantitative estimate of drug-likeness (QED) is 0.729. The average molecular weight is 182 g/mol. The van der Waals surface area contributed by atoms with Crippen molar-refractivity contribution in [2.45, 2.75) is 53.0 Å². The van der Waals surface area contributed by atoms with Crippen LogP contribution in [0, 0.1) is 22.7 Å². The Kier molecular flexibility index (Phi) is 5.02. The molecule has 2 heteroatoms. The van der Waals surface area contributed by atoms with Gasteiger partial charge in [0.25, 0.3) is 0 Å². The van der Waals surface area contributed by atoms with Crippen molar-refractivity contribution in [3.05, 3.63) is 0 Å². The minimum absolute atomic E-state index is 0.228. The summed E-state index contributed by atoms with van der Waals surface area (Å²) >= 11 is 0. The molecule has 1 aliphatic carbocycles. The zero-order chi connectivity index (χ0) is 10.5. The highest BCUT2D eigenvalue weighted by Crippen LogP contribution is 2.55. The lowest BCUT2D eigenvalue weighted by atomic mass is 9.83. The first-order valence-corrected chi connectivity index (χ1v) is 5.25. The van der Waals surface area contributed by atoms with Crippen LogP contribution >= 0.6 is 0 Å². The van der Waals surface area contributed by atoms with Gasteiger partial charge in [-0.25, -0.2) is 0 Å². The van der Waals surface area contributed by atoms with Crippen molar-refractivity contribution in [1.29, 1.82) is 5.26 Å². The molecule has 0 saturated heterocycles. The molecular formula is C11H22N2. The first-order valence-electron chi connectivity index (χ1n) is 5.25. The lowest BCUT2D eigenvalue weighted by Gasteiger charge is -2.23. The van der Waals surface area contributed by atoms with Gasteiger partial charge in [-0.05, 0) is 31.1 Å². The third-order valence-corrected chi connectivity index (χ3v) is 3.08. The zero-order valence-corrected chi connectivity index (χ0v) is 9.30. The molecule has 0 aliphatic heterocycles. The fourth-order valence-corrected chi connectivity index (χ4v) is 1.67. The van der Waals surface area contributed by atoms with Crippen molar-refractivity contribution < 1.29 is 0 Å². The van der Waals surface area contributed by atoms with Gasteiger partial charge in [0.15, 0.2) is 0 Å². The summed E-state index contributed by atoms with van der Waals surface area (Å²) in [7, 11) is 0. The largest absolute Gasteiger partial charge is 0.328 e. The molecule has 0 aromatic heterocycles. The van der Waals surface area contributed by atoms with E-state index in [1.54, 1.807) is 0 Å². The van der Waals surface area contributed by atoms with Crippen molar-refractivity contribution in [3.8, 4) is 6.07 Å². The molecular weight excluding hydrogens is 160 g/mol. The number of nitrogens with two attached hydrogens (primary N) is 1. The van der Waals surface area contributed by atoms with E-state index in [0.29, 0.717) is 17.8 Å². The van der Waals surface area contributed by atoms with E-state index in [4.69, 9.17) is 11.0 Å². The van der Waals surface area contributed by atoms with E-state index in [1.165, 1.54) is 12.8 Å². The molecule has 2 N–H and O–H groups in total. The molecule has 1 fully saturated rings. The normalized spacial score (nSPS) is 21.8. The predicted octanol–water partition coefficient (Wildman–Crippen LogP) is 2.69. The summed E-state index contributed by atoms with van der Waals surface area (Å²) < 4.78 is 0. The smallest absolute Gasteiger partial charge is 0.0627 e. The van der Waals surface area contributed by atoms with Gasteiger partial charge >= 0.3 is 0 Å². The van der Waals surface area contributed by atoms with Crippen LogP contribution in [0.5, 0.6) is 0 Å². The van der Waals surface area contributed by atoms with Crippen LogP contribution in [0.3, 0.4) is 0 Å². The third kappa shape index (κ3) is 3.00. The predicted molar refractivity (Wildman–Crippen MR) is 56.1 cm³/mol. The first kappa shape index (κ1) is 12.4. The van der Waals surface area contributed by atoms with Gasteiger partial charge in [0, 0.05) is 12.5 Å². The highest BCUT2D eigenvalue weighted by atomic mass is 14.7. The Balaban J connectivity index is 0.000000671. The first-order chi connectivity index (χ1) is 6.12. The molecule has 13 heavy (non-hydrogen) atoms. The maximum Gasteiger partial charge on any atom is 0.0627 e. The molecule has 2 nitrogen and oxygen atoms in total. The highest BCUT2D eigenvalue weighted by molar-refractivity contribution is 5.03. The second kappa shape index (κ2) is 5.24. The van der Waals surface area contributed by atoms with Crippen LogP contribution in [-0.2, 0) is 0 Å². The van der Waals surface area contributed by atoms with Crippen molar-refractivity contribution in [2.75, 3.05) is 0 Å². The van der Waals surface area contributed by atoms with Crippen LogP contribution in [0.15, 0.2) is 0 Å². The van der Waals surface area contributed by atoms with E-state index in [1.807, 2.05) is 20.8 Å². The topological polar surface area (TPSA) is 49.8 Å². The standard InChI is InChI=1S/C9H16N2.C2H6/c1-7(8(2)11)9(3-4-9)5-6-10;1-2/h7-8H,3-5,11H2,1-2H3;1-2H3. The molecule has 0 spiro atoms. The van der Waals surface area contributed by atoms with E-state index in [-0.39, 0.29) is 6.04 Å². The Morgan fingerprint density at radius 2 is 1.85 bits per heavy atom. The summed E-state index contributed by atoms with van der Waals surface area (Å²) in [5, 5.41) is 8.58. The van der Waals surface area contributed by atoms with Crippen LogP contribution in [0.1, 0.15) is 47.0 Å². The minimum Gasteiger partial charge on any atom is -0.328 e. The fraction of sp³-hybridized carbons (Fsp3) is 0.909. The van der Waals surface area contributed by atoms with Crippen LogP contribution < -0.4 is 5.73 Å². The second-order valence-corrected chi connectivity index (χ2v) is 3.85. The van der Waals surface area contributed by atoms with Gasteiger partial charge in [0.2, 0.25) is 0 Å². The highest BCUT2D eigenvalue weighted by Gasteiger charge is 2.47. The lowest BCUT2D eigenvalue weighted by molar-refractivity contribution is 0.296. The Hall–Kier alpha value is -0.550. The molecule has 0 aromatic carbocycles. The maximum absolute atomic E-state index is 8.58. The van der Waals surface area contributed by atoms with Crippen molar-refractivity contribution >= 4 is 0 Å². The Labute approximate surface area is 82.1 Å². The van der Waals surface area contributed by atoms with Gasteiger partial charge in [-0.15, -0.1) is 0 Å². The molecule has 0 radical (unpaired) electrons. The molecule has 0 heterocycles. The number of hydrogen-bond acceptors (Lipinski definition) is 2. The zero-order valence-electron chi connectivity index (χ0n) is 9.30. The van der Waals surface area contributed by atoms with E-state index in [2.05, 4.69) is 13.0 Å². The average Bonchev–Trinajstić information content (AvgIpc) is 2.89. The minimum atomic E-state index is 0.228. The van der Waals surface area contributed by atoms with Gasteiger partial charge in [-0.2, -0.15) is 5.26 Å². The van der Waals surface area contributed by atoms with Gasteiger partial charge in [0.1, 0.15) is 0 Å². The summed E-state index contributed by atoms with van der Waals surface area (Å²) in [6.07, 6.45) is 3.09. The summed E-state index contributed by atoms with van der Waals surface area (Å²) in [5.41, 5.74) is 6.08. The summed E-state index contributed by atoms with van der Waals surface area (Å²) in [5.74, 6) is 0.502. The fourth-order valence-electron chi connectivity index (χ4n) is 1.67. The summed E-state index contributed by atoms with van der Waals surface area (Å²) in [6.45, 7) is 8.19. The van der Waals surface area contributed by atoms with Gasteiger partial charge in [-0.1, -0.05) is 20.8 Å². The lowest BCUT2D eigenvalue weighted by Crippen LogP contribution is -2.31. The van der Waals surface area contributed by atoms with Crippen LogP contribution in [0.2, 0.25) is 0 Å². The van der Waals surface area contributed by atoms with Crippen molar-refractivity contribution in [1.82, 2.24) is 0 Å². The van der Waals surface area contributed by atoms with Crippen LogP contribution in [0.25, 0.3) is 0 Å². The number of nitrogens with zero attached hydrogens (tertiary/aromatic N) is 1. The van der Waals surface area contributed by atoms with Gasteiger partial charge in [0.05, 0.1) is 6.07 Å². The number of hydrogen-bond donors (Lipinski definition) is 1.